The molecule has 104 valence electrons. The summed E-state index contributed by atoms with van der Waals surface area (Å²) < 4.78 is 53.8. The van der Waals surface area contributed by atoms with Crippen LogP contribution in [0.4, 0.5) is 8.78 Å². The fraction of sp³-hybridized carbons (Fsp3) is 0. The molecule has 6 heteroatoms. The number of benzene rings is 2. The Balaban J connectivity index is 2.17. The molecular formula is C14H10F2O3S. The molecule has 0 saturated carbocycles. The van der Waals surface area contributed by atoms with Crippen molar-refractivity contribution in [1.29, 1.82) is 0 Å². The molecule has 0 unspecified atom stereocenters. The summed E-state index contributed by atoms with van der Waals surface area (Å²) >= 11 is 0. The predicted octanol–water partition coefficient (Wildman–Crippen LogP) is 3.34. The zero-order valence-corrected chi connectivity index (χ0v) is 11.0. The molecule has 0 aliphatic heterocycles. The van der Waals surface area contributed by atoms with Crippen molar-refractivity contribution in [3.05, 3.63) is 71.1 Å². The molecule has 0 heterocycles. The molecule has 0 spiro atoms. The molecule has 3 nitrogen and oxygen atoms in total. The average Bonchev–Trinajstić information content (AvgIpc) is 2.41. The lowest BCUT2D eigenvalue weighted by molar-refractivity contribution is 0.465. The van der Waals surface area contributed by atoms with Crippen molar-refractivity contribution >= 4 is 16.2 Å². The summed E-state index contributed by atoms with van der Waals surface area (Å²) in [6.45, 7) is 0. The highest BCUT2D eigenvalue weighted by Gasteiger charge is 2.13. The lowest BCUT2D eigenvalue weighted by Gasteiger charge is -2.04. The zero-order valence-electron chi connectivity index (χ0n) is 10.2. The molecule has 0 N–H and O–H groups in total. The van der Waals surface area contributed by atoms with E-state index < -0.39 is 27.5 Å². The molecule has 0 saturated heterocycles. The van der Waals surface area contributed by atoms with Gasteiger partial charge >= 0.3 is 10.1 Å². The van der Waals surface area contributed by atoms with E-state index in [0.717, 1.165) is 17.5 Å². The van der Waals surface area contributed by atoms with Crippen molar-refractivity contribution in [3.8, 4) is 5.75 Å². The molecule has 0 aliphatic rings. The van der Waals surface area contributed by atoms with Gasteiger partial charge in [-0.05, 0) is 23.8 Å². The summed E-state index contributed by atoms with van der Waals surface area (Å²) in [5.41, 5.74) is 0.652. The molecule has 0 atom stereocenters. The van der Waals surface area contributed by atoms with Gasteiger partial charge in [0.2, 0.25) is 0 Å². The normalized spacial score (nSPS) is 11.7. The number of rotatable bonds is 4. The fourth-order valence-electron chi connectivity index (χ4n) is 1.42. The first-order valence-electron chi connectivity index (χ1n) is 5.59. The highest BCUT2D eigenvalue weighted by Crippen LogP contribution is 2.20. The van der Waals surface area contributed by atoms with E-state index in [9.17, 15) is 17.2 Å². The van der Waals surface area contributed by atoms with E-state index in [1.165, 1.54) is 6.08 Å². The van der Waals surface area contributed by atoms with E-state index in [2.05, 4.69) is 4.18 Å². The molecule has 0 radical (unpaired) electrons. The Morgan fingerprint density at radius 3 is 2.35 bits per heavy atom. The summed E-state index contributed by atoms with van der Waals surface area (Å²) in [7, 11) is -4.11. The lowest BCUT2D eigenvalue weighted by Crippen LogP contribution is -2.06. The van der Waals surface area contributed by atoms with Crippen molar-refractivity contribution in [2.75, 3.05) is 0 Å². The summed E-state index contributed by atoms with van der Waals surface area (Å²) in [5, 5.41) is 0.811. The molecule has 0 amide bonds. The van der Waals surface area contributed by atoms with Crippen LogP contribution in [-0.4, -0.2) is 8.42 Å². The second-order valence-corrected chi connectivity index (χ2v) is 5.29. The maximum Gasteiger partial charge on any atom is 0.332 e. The first-order valence-corrected chi connectivity index (χ1v) is 7.06. The molecule has 2 aromatic rings. The van der Waals surface area contributed by atoms with Crippen molar-refractivity contribution in [3.63, 3.8) is 0 Å². The van der Waals surface area contributed by atoms with Gasteiger partial charge in [-0.1, -0.05) is 30.3 Å². The minimum Gasteiger partial charge on any atom is -0.376 e. The van der Waals surface area contributed by atoms with Gasteiger partial charge in [0, 0.05) is 6.07 Å². The smallest absolute Gasteiger partial charge is 0.332 e. The first-order chi connectivity index (χ1) is 9.46. The summed E-state index contributed by atoms with van der Waals surface area (Å²) in [5.74, 6) is -2.45. The van der Waals surface area contributed by atoms with Crippen molar-refractivity contribution < 1.29 is 21.4 Å². The Hall–Kier alpha value is -2.21. The SMILES string of the molecule is O=S(=O)(C=Cc1ccccc1)Oc1ccc(F)cc1F. The second-order valence-electron chi connectivity index (χ2n) is 3.86. The maximum atomic E-state index is 13.3. The topological polar surface area (TPSA) is 43.4 Å². The van der Waals surface area contributed by atoms with Crippen LogP contribution < -0.4 is 4.18 Å². The van der Waals surface area contributed by atoms with Crippen LogP contribution in [0.2, 0.25) is 0 Å². The van der Waals surface area contributed by atoms with E-state index in [1.54, 1.807) is 30.3 Å². The third kappa shape index (κ3) is 3.89. The summed E-state index contributed by atoms with van der Waals surface area (Å²) in [4.78, 5) is 0. The van der Waals surface area contributed by atoms with Gasteiger partial charge in [-0.25, -0.2) is 8.78 Å². The molecule has 0 fully saturated rings. The minimum absolute atomic E-state index is 0.547. The van der Waals surface area contributed by atoms with Crippen LogP contribution in [0.1, 0.15) is 5.56 Å². The van der Waals surface area contributed by atoms with Gasteiger partial charge in [-0.3, -0.25) is 0 Å². The van der Waals surface area contributed by atoms with Crippen LogP contribution in [0.25, 0.3) is 6.08 Å². The van der Waals surface area contributed by atoms with Crippen LogP contribution in [-0.2, 0) is 10.1 Å². The van der Waals surface area contributed by atoms with Crippen molar-refractivity contribution in [2.45, 2.75) is 0 Å². The Labute approximate surface area is 115 Å². The third-order valence-corrected chi connectivity index (χ3v) is 3.21. The lowest BCUT2D eigenvalue weighted by atomic mass is 10.2. The summed E-state index contributed by atoms with van der Waals surface area (Å²) in [6.07, 6.45) is 1.32. The highest BCUT2D eigenvalue weighted by atomic mass is 32.2. The van der Waals surface area contributed by atoms with Crippen molar-refractivity contribution in [1.82, 2.24) is 0 Å². The molecular weight excluding hydrogens is 286 g/mol. The second kappa shape index (κ2) is 5.83. The Morgan fingerprint density at radius 1 is 1.00 bits per heavy atom. The quantitative estimate of drug-likeness (QED) is 0.813. The predicted molar refractivity (Wildman–Crippen MR) is 71.4 cm³/mol. The van der Waals surface area contributed by atoms with Gasteiger partial charge in [0.25, 0.3) is 0 Å². The van der Waals surface area contributed by atoms with Gasteiger partial charge in [0.05, 0.1) is 5.41 Å². The molecule has 2 rings (SSSR count). The number of halogens is 2. The van der Waals surface area contributed by atoms with E-state index in [-0.39, 0.29) is 0 Å². The van der Waals surface area contributed by atoms with Crippen LogP contribution in [0.5, 0.6) is 5.75 Å². The van der Waals surface area contributed by atoms with Gasteiger partial charge < -0.3 is 4.18 Å². The van der Waals surface area contributed by atoms with Gasteiger partial charge in [0.15, 0.2) is 11.6 Å². The van der Waals surface area contributed by atoms with Crippen LogP contribution >= 0.6 is 0 Å². The Morgan fingerprint density at radius 2 is 1.70 bits per heavy atom. The van der Waals surface area contributed by atoms with Gasteiger partial charge in [-0.15, -0.1) is 0 Å². The number of hydrogen-bond acceptors (Lipinski definition) is 3. The van der Waals surface area contributed by atoms with Crippen LogP contribution in [0.15, 0.2) is 53.9 Å². The molecule has 2 aromatic carbocycles. The zero-order chi connectivity index (χ0) is 14.6. The van der Waals surface area contributed by atoms with Crippen LogP contribution in [0, 0.1) is 11.6 Å². The maximum absolute atomic E-state index is 13.3. The average molecular weight is 296 g/mol. The molecule has 0 bridgehead atoms. The molecule has 0 aromatic heterocycles. The largest absolute Gasteiger partial charge is 0.376 e. The summed E-state index contributed by atoms with van der Waals surface area (Å²) in [6, 6.07) is 11.0. The Kier molecular flexibility index (Phi) is 4.14. The van der Waals surface area contributed by atoms with E-state index in [4.69, 9.17) is 0 Å². The molecule has 20 heavy (non-hydrogen) atoms. The third-order valence-electron chi connectivity index (χ3n) is 2.33. The Bertz CT molecular complexity index is 725. The van der Waals surface area contributed by atoms with E-state index in [0.29, 0.717) is 11.6 Å². The fourth-order valence-corrected chi connectivity index (χ4v) is 2.19. The minimum atomic E-state index is -4.11. The van der Waals surface area contributed by atoms with Crippen molar-refractivity contribution in [2.24, 2.45) is 0 Å². The van der Waals surface area contributed by atoms with E-state index >= 15 is 0 Å². The van der Waals surface area contributed by atoms with Crippen LogP contribution in [0.3, 0.4) is 0 Å². The van der Waals surface area contributed by atoms with Gasteiger partial charge in [-0.2, -0.15) is 8.42 Å². The van der Waals surface area contributed by atoms with E-state index in [1.807, 2.05) is 0 Å². The standard InChI is InChI=1S/C14H10F2O3S/c15-12-6-7-14(13(16)10-12)19-20(17,18)9-8-11-4-2-1-3-5-11/h1-10H. The monoisotopic (exact) mass is 296 g/mol. The number of hydrogen-bond donors (Lipinski definition) is 0. The first kappa shape index (κ1) is 14.2. The highest BCUT2D eigenvalue weighted by molar-refractivity contribution is 7.90. The van der Waals surface area contributed by atoms with Gasteiger partial charge in [0.1, 0.15) is 5.82 Å². The molecule has 0 aliphatic carbocycles.